The van der Waals surface area contributed by atoms with Crippen molar-refractivity contribution < 1.29 is 14.5 Å². The molecule has 3 aromatic carbocycles. The van der Waals surface area contributed by atoms with Crippen molar-refractivity contribution in [3.8, 4) is 5.69 Å². The second-order valence-electron chi connectivity index (χ2n) is 8.14. The number of amides is 1. The minimum Gasteiger partial charge on any atom is -0.378 e. The summed E-state index contributed by atoms with van der Waals surface area (Å²) >= 11 is 5.96. The topological polar surface area (TPSA) is 115 Å². The van der Waals surface area contributed by atoms with Crippen molar-refractivity contribution in [1.82, 2.24) is 15.0 Å². The lowest BCUT2D eigenvalue weighted by Gasteiger charge is -2.28. The van der Waals surface area contributed by atoms with Crippen molar-refractivity contribution in [2.75, 3.05) is 36.5 Å². The maximum absolute atomic E-state index is 13.0. The summed E-state index contributed by atoms with van der Waals surface area (Å²) in [6.07, 6.45) is 0. The van der Waals surface area contributed by atoms with E-state index in [1.165, 1.54) is 10.9 Å². The second kappa shape index (κ2) is 9.32. The molecule has 11 heteroatoms. The van der Waals surface area contributed by atoms with Crippen LogP contribution in [0.25, 0.3) is 16.7 Å². The van der Waals surface area contributed by atoms with Crippen molar-refractivity contribution in [3.05, 3.63) is 80.9 Å². The highest BCUT2D eigenvalue weighted by Gasteiger charge is 2.23. The van der Waals surface area contributed by atoms with Gasteiger partial charge in [-0.05, 0) is 61.0 Å². The van der Waals surface area contributed by atoms with Gasteiger partial charge in [0, 0.05) is 35.4 Å². The monoisotopic (exact) mass is 492 g/mol. The molecule has 1 fully saturated rings. The number of benzene rings is 3. The number of anilines is 2. The van der Waals surface area contributed by atoms with Crippen LogP contribution in [-0.4, -0.2) is 52.1 Å². The Kier molecular flexibility index (Phi) is 6.06. The van der Waals surface area contributed by atoms with Crippen LogP contribution in [0, 0.1) is 17.0 Å². The van der Waals surface area contributed by atoms with Gasteiger partial charge in [0.1, 0.15) is 16.7 Å². The standard InChI is InChI=1S/C24H21ClN6O4/c1-15-12-20-21(28-30(27-20)18-5-3-17(25)4-6-18)14-19(15)26-24(32)16-2-7-22(23(13-16)31(33)34)29-8-10-35-11-9-29/h2-7,12-14H,8-11H2,1H3,(H,26,32). The van der Waals surface area contributed by atoms with Crippen LogP contribution < -0.4 is 10.2 Å². The van der Waals surface area contributed by atoms with Gasteiger partial charge in [0.15, 0.2) is 0 Å². The third-order valence-electron chi connectivity index (χ3n) is 5.82. The molecule has 2 heterocycles. The quantitative estimate of drug-likeness (QED) is 0.324. The van der Waals surface area contributed by atoms with E-state index < -0.39 is 10.8 Å². The van der Waals surface area contributed by atoms with Gasteiger partial charge in [0.25, 0.3) is 11.6 Å². The zero-order valence-corrected chi connectivity index (χ0v) is 19.5. The molecule has 10 nitrogen and oxygen atoms in total. The number of nitro benzene ring substituents is 1. The Labute approximate surface area is 205 Å². The van der Waals surface area contributed by atoms with Crippen molar-refractivity contribution >= 4 is 45.6 Å². The number of nitrogens with zero attached hydrogens (tertiary/aromatic N) is 5. The highest BCUT2D eigenvalue weighted by Crippen LogP contribution is 2.31. The summed E-state index contributed by atoms with van der Waals surface area (Å²) in [6, 6.07) is 15.2. The smallest absolute Gasteiger partial charge is 0.293 e. The largest absolute Gasteiger partial charge is 0.378 e. The van der Waals surface area contributed by atoms with E-state index in [1.54, 1.807) is 30.3 Å². The van der Waals surface area contributed by atoms with Gasteiger partial charge in [-0.25, -0.2) is 0 Å². The summed E-state index contributed by atoms with van der Waals surface area (Å²) in [5, 5.41) is 24.2. The molecule has 1 aromatic heterocycles. The maximum atomic E-state index is 13.0. The third kappa shape index (κ3) is 4.66. The highest BCUT2D eigenvalue weighted by atomic mass is 35.5. The number of fused-ring (bicyclic) bond motifs is 1. The van der Waals surface area contributed by atoms with Gasteiger partial charge >= 0.3 is 0 Å². The summed E-state index contributed by atoms with van der Waals surface area (Å²) in [5.41, 5.74) is 3.90. The fourth-order valence-corrected chi connectivity index (χ4v) is 4.10. The average Bonchev–Trinajstić information content (AvgIpc) is 3.27. The molecule has 1 N–H and O–H groups in total. The van der Waals surface area contributed by atoms with E-state index >= 15 is 0 Å². The van der Waals surface area contributed by atoms with E-state index in [1.807, 2.05) is 30.0 Å². The van der Waals surface area contributed by atoms with Crippen LogP contribution in [-0.2, 0) is 4.74 Å². The minimum atomic E-state index is -0.464. The molecular weight excluding hydrogens is 472 g/mol. The number of aryl methyl sites for hydroxylation is 1. The number of hydrogen-bond donors (Lipinski definition) is 1. The normalized spacial score (nSPS) is 13.7. The van der Waals surface area contributed by atoms with Crippen molar-refractivity contribution in [3.63, 3.8) is 0 Å². The number of nitro groups is 1. The van der Waals surface area contributed by atoms with E-state index in [0.29, 0.717) is 53.7 Å². The van der Waals surface area contributed by atoms with Gasteiger partial charge in [-0.3, -0.25) is 14.9 Å². The SMILES string of the molecule is Cc1cc2nn(-c3ccc(Cl)cc3)nc2cc1NC(=O)c1ccc(N2CCOCC2)c([N+](=O)[O-])c1. The number of hydrogen-bond acceptors (Lipinski definition) is 7. The molecule has 1 aliphatic rings. The number of carbonyl (C=O) groups excluding carboxylic acids is 1. The molecule has 0 radical (unpaired) electrons. The zero-order chi connectivity index (χ0) is 24.5. The van der Waals surface area contributed by atoms with Gasteiger partial charge in [-0.1, -0.05) is 11.6 Å². The molecule has 0 saturated carbocycles. The fraction of sp³-hybridized carbons (Fsp3) is 0.208. The summed E-state index contributed by atoms with van der Waals surface area (Å²) in [6.45, 7) is 3.97. The number of ether oxygens (including phenoxy) is 1. The Hall–Kier alpha value is -4.02. The van der Waals surface area contributed by atoms with Gasteiger partial charge < -0.3 is 15.0 Å². The average molecular weight is 493 g/mol. The zero-order valence-electron chi connectivity index (χ0n) is 18.8. The molecule has 0 atom stereocenters. The Balaban J connectivity index is 1.41. The Bertz CT molecular complexity index is 1430. The molecule has 1 amide bonds. The summed E-state index contributed by atoms with van der Waals surface area (Å²) in [7, 11) is 0. The van der Waals surface area contributed by atoms with Crippen LogP contribution in [0.4, 0.5) is 17.1 Å². The molecule has 0 aliphatic carbocycles. The molecule has 0 spiro atoms. The lowest BCUT2D eigenvalue weighted by molar-refractivity contribution is -0.384. The lowest BCUT2D eigenvalue weighted by Crippen LogP contribution is -2.36. The molecule has 0 bridgehead atoms. The molecule has 4 aromatic rings. The molecule has 1 saturated heterocycles. The molecule has 1 aliphatic heterocycles. The predicted octanol–water partition coefficient (Wildman–Crippen LogP) is 4.38. The van der Waals surface area contributed by atoms with Crippen LogP contribution in [0.1, 0.15) is 15.9 Å². The van der Waals surface area contributed by atoms with Crippen molar-refractivity contribution in [2.24, 2.45) is 0 Å². The first-order valence-electron chi connectivity index (χ1n) is 11.0. The first-order chi connectivity index (χ1) is 16.9. The Morgan fingerprint density at radius 2 is 1.74 bits per heavy atom. The number of aromatic nitrogens is 3. The second-order valence-corrected chi connectivity index (χ2v) is 8.57. The van der Waals surface area contributed by atoms with E-state index in [4.69, 9.17) is 16.3 Å². The molecule has 35 heavy (non-hydrogen) atoms. The summed E-state index contributed by atoms with van der Waals surface area (Å²) in [4.78, 5) is 27.7. The van der Waals surface area contributed by atoms with E-state index in [2.05, 4.69) is 15.5 Å². The first-order valence-corrected chi connectivity index (χ1v) is 11.3. The highest BCUT2D eigenvalue weighted by molar-refractivity contribution is 6.30. The summed E-state index contributed by atoms with van der Waals surface area (Å²) in [5.74, 6) is -0.450. The van der Waals surface area contributed by atoms with Crippen LogP contribution in [0.2, 0.25) is 5.02 Å². The van der Waals surface area contributed by atoms with E-state index in [-0.39, 0.29) is 11.3 Å². The first kappa shape index (κ1) is 22.8. The molecule has 5 rings (SSSR count). The number of morpholine rings is 1. The maximum Gasteiger partial charge on any atom is 0.293 e. The number of rotatable bonds is 5. The molecule has 178 valence electrons. The molecular formula is C24H21ClN6O4. The van der Waals surface area contributed by atoms with Gasteiger partial charge in [-0.15, -0.1) is 10.2 Å². The van der Waals surface area contributed by atoms with E-state index in [9.17, 15) is 14.9 Å². The predicted molar refractivity (Wildman–Crippen MR) is 133 cm³/mol. The van der Waals surface area contributed by atoms with Crippen LogP contribution in [0.15, 0.2) is 54.6 Å². The Morgan fingerprint density at radius 3 is 2.43 bits per heavy atom. The number of carbonyl (C=O) groups is 1. The number of nitrogens with one attached hydrogen (secondary N) is 1. The van der Waals surface area contributed by atoms with E-state index in [0.717, 1.165) is 11.3 Å². The molecule has 0 unspecified atom stereocenters. The summed E-state index contributed by atoms with van der Waals surface area (Å²) < 4.78 is 5.33. The minimum absolute atomic E-state index is 0.113. The number of halogens is 1. The van der Waals surface area contributed by atoms with Crippen LogP contribution in [0.5, 0.6) is 0 Å². The van der Waals surface area contributed by atoms with Gasteiger partial charge in [0.2, 0.25) is 0 Å². The van der Waals surface area contributed by atoms with Crippen LogP contribution in [0.3, 0.4) is 0 Å². The third-order valence-corrected chi connectivity index (χ3v) is 6.07. The fourth-order valence-electron chi connectivity index (χ4n) is 3.97. The van der Waals surface area contributed by atoms with Crippen molar-refractivity contribution in [1.29, 1.82) is 0 Å². The van der Waals surface area contributed by atoms with Crippen molar-refractivity contribution in [2.45, 2.75) is 6.92 Å². The van der Waals surface area contributed by atoms with Gasteiger partial charge in [-0.2, -0.15) is 4.80 Å². The Morgan fingerprint density at radius 1 is 1.06 bits per heavy atom. The van der Waals surface area contributed by atoms with Crippen LogP contribution >= 0.6 is 11.6 Å². The van der Waals surface area contributed by atoms with Gasteiger partial charge in [0.05, 0.1) is 23.8 Å². The lowest BCUT2D eigenvalue weighted by atomic mass is 10.1.